The fraction of sp³-hybridized carbons (Fsp3) is 0.667. The fourth-order valence-corrected chi connectivity index (χ4v) is 6.53. The van der Waals surface area contributed by atoms with Gasteiger partial charge in [0.05, 0.1) is 25.7 Å². The lowest BCUT2D eigenvalue weighted by molar-refractivity contribution is -1.04. The molecular weight excluding hydrogens is 330 g/mol. The molecule has 2 heterocycles. The first-order chi connectivity index (χ1) is 13.3. The molecule has 2 bridgehead atoms. The van der Waals surface area contributed by atoms with Crippen molar-refractivity contribution in [3.63, 3.8) is 0 Å². The number of fused-ring (bicyclic) bond motifs is 2. The minimum atomic E-state index is 0.937. The number of hydrogen-bond donors (Lipinski definition) is 3. The van der Waals surface area contributed by atoms with Crippen LogP contribution >= 0.6 is 0 Å². The summed E-state index contributed by atoms with van der Waals surface area (Å²) in [6, 6.07) is 12.0. The quantitative estimate of drug-likeness (QED) is 0.565. The Morgan fingerprint density at radius 2 is 1.56 bits per heavy atom. The van der Waals surface area contributed by atoms with Crippen molar-refractivity contribution in [2.24, 2.45) is 17.8 Å². The van der Waals surface area contributed by atoms with Crippen LogP contribution in [0.15, 0.2) is 42.5 Å². The second-order valence-electron chi connectivity index (χ2n) is 9.84. The molecule has 3 N–H and O–H groups in total. The summed E-state index contributed by atoms with van der Waals surface area (Å²) < 4.78 is 0. The van der Waals surface area contributed by atoms with Crippen LogP contribution in [0.3, 0.4) is 0 Å². The lowest BCUT2D eigenvalue weighted by Gasteiger charge is -2.38. The summed E-state index contributed by atoms with van der Waals surface area (Å²) in [4.78, 5) is 5.64. The molecule has 0 unspecified atom stereocenters. The number of rotatable bonds is 5. The van der Waals surface area contributed by atoms with Gasteiger partial charge in [0, 0.05) is 24.3 Å². The zero-order chi connectivity index (χ0) is 18.1. The minimum absolute atomic E-state index is 0.937. The van der Waals surface area contributed by atoms with Crippen molar-refractivity contribution < 1.29 is 14.7 Å². The molecule has 2 aliphatic carbocycles. The molecule has 0 amide bonds. The number of allylic oxidation sites excluding steroid dienone is 2. The highest BCUT2D eigenvalue weighted by molar-refractivity contribution is 5.13. The molecule has 1 aromatic carbocycles. The van der Waals surface area contributed by atoms with Crippen molar-refractivity contribution in [1.82, 2.24) is 0 Å². The Hall–Kier alpha value is -1.16. The van der Waals surface area contributed by atoms with E-state index < -0.39 is 0 Å². The van der Waals surface area contributed by atoms with Crippen LogP contribution in [0.25, 0.3) is 0 Å². The highest BCUT2D eigenvalue weighted by Gasteiger charge is 2.39. The van der Waals surface area contributed by atoms with Gasteiger partial charge >= 0.3 is 0 Å². The van der Waals surface area contributed by atoms with Crippen LogP contribution in [0.1, 0.15) is 31.2 Å². The van der Waals surface area contributed by atoms with Gasteiger partial charge in [-0.1, -0.05) is 42.5 Å². The molecule has 3 atom stereocenters. The SMILES string of the molecule is C1=C[C@H]2C[C@@H]1C[C@@H]2C[NH+]1CCC([NH+]2CC[NH+](Cc3ccccc3)CC2)CC1. The number of piperazine rings is 1. The van der Waals surface area contributed by atoms with Gasteiger partial charge in [0.15, 0.2) is 0 Å². The number of piperidine rings is 1. The maximum absolute atomic E-state index is 2.53. The van der Waals surface area contributed by atoms with Gasteiger partial charge in [0.2, 0.25) is 0 Å². The Kier molecular flexibility index (Phi) is 5.35. The summed E-state index contributed by atoms with van der Waals surface area (Å²) in [6.07, 6.45) is 10.9. The third-order valence-corrected chi connectivity index (χ3v) is 8.13. The van der Waals surface area contributed by atoms with E-state index in [1.807, 2.05) is 9.80 Å². The standard InChI is InChI=1S/C24H35N3/c1-2-4-20(5-3-1)18-26-12-14-27(15-13-26)24-8-10-25(11-9-24)19-23-17-21-6-7-22(23)16-21/h1-7,21-24H,8-19H2/p+3/t21-,22+,23-/m1/s1. The molecule has 0 aromatic heterocycles. The molecule has 4 aliphatic rings. The summed E-state index contributed by atoms with van der Waals surface area (Å²) in [6.45, 7) is 11.0. The lowest BCUT2D eigenvalue weighted by atomic mass is 9.92. The Morgan fingerprint density at radius 3 is 2.22 bits per heavy atom. The van der Waals surface area contributed by atoms with Crippen molar-refractivity contribution in [3.8, 4) is 0 Å². The first-order valence-corrected chi connectivity index (χ1v) is 11.6. The van der Waals surface area contributed by atoms with E-state index >= 15 is 0 Å². The van der Waals surface area contributed by atoms with Crippen LogP contribution in [0.4, 0.5) is 0 Å². The van der Waals surface area contributed by atoms with Crippen LogP contribution < -0.4 is 14.7 Å². The third kappa shape index (κ3) is 4.16. The smallest absolute Gasteiger partial charge is 0.127 e. The number of hydrogen-bond acceptors (Lipinski definition) is 0. The van der Waals surface area contributed by atoms with Crippen LogP contribution in [-0.4, -0.2) is 51.9 Å². The monoisotopic (exact) mass is 368 g/mol. The topological polar surface area (TPSA) is 13.3 Å². The molecule has 0 spiro atoms. The molecule has 2 aliphatic heterocycles. The molecule has 27 heavy (non-hydrogen) atoms. The molecule has 1 aromatic rings. The average Bonchev–Trinajstić information content (AvgIpc) is 3.33. The van der Waals surface area contributed by atoms with E-state index in [1.54, 1.807) is 4.90 Å². The molecule has 3 heteroatoms. The van der Waals surface area contributed by atoms with Crippen molar-refractivity contribution in [2.45, 2.75) is 38.3 Å². The molecule has 2 saturated heterocycles. The summed E-state index contributed by atoms with van der Waals surface area (Å²) in [5.74, 6) is 2.88. The summed E-state index contributed by atoms with van der Waals surface area (Å²) in [7, 11) is 0. The van der Waals surface area contributed by atoms with Gasteiger partial charge in [-0.05, 0) is 24.7 Å². The van der Waals surface area contributed by atoms with Gasteiger partial charge in [-0.15, -0.1) is 0 Å². The van der Waals surface area contributed by atoms with Gasteiger partial charge in [0.1, 0.15) is 32.7 Å². The highest BCUT2D eigenvalue weighted by Crippen LogP contribution is 2.42. The fourth-order valence-electron chi connectivity index (χ4n) is 6.53. The highest BCUT2D eigenvalue weighted by atomic mass is 15.3. The number of benzene rings is 1. The zero-order valence-electron chi connectivity index (χ0n) is 16.8. The summed E-state index contributed by atoms with van der Waals surface area (Å²) in [5, 5.41) is 0. The van der Waals surface area contributed by atoms with Gasteiger partial charge < -0.3 is 14.7 Å². The number of likely N-dealkylation sites (tertiary alicyclic amines) is 1. The lowest BCUT2D eigenvalue weighted by Crippen LogP contribution is -3.30. The van der Waals surface area contributed by atoms with Crippen molar-refractivity contribution in [1.29, 1.82) is 0 Å². The second kappa shape index (κ2) is 8.06. The Bertz CT molecular complexity index is 626. The van der Waals surface area contributed by atoms with E-state index in [2.05, 4.69) is 42.5 Å². The first kappa shape index (κ1) is 17.9. The van der Waals surface area contributed by atoms with Gasteiger partial charge in [-0.25, -0.2) is 0 Å². The molecule has 1 saturated carbocycles. The molecule has 5 rings (SSSR count). The van der Waals surface area contributed by atoms with Crippen molar-refractivity contribution in [3.05, 3.63) is 48.0 Å². The number of nitrogens with one attached hydrogen (secondary N) is 3. The maximum Gasteiger partial charge on any atom is 0.127 e. The molecule has 3 fully saturated rings. The largest absolute Gasteiger partial charge is 0.334 e. The molecule has 146 valence electrons. The van der Waals surface area contributed by atoms with E-state index in [0.717, 1.165) is 23.8 Å². The molecule has 0 radical (unpaired) electrons. The van der Waals surface area contributed by atoms with Crippen LogP contribution in [0, 0.1) is 17.8 Å². The van der Waals surface area contributed by atoms with Crippen LogP contribution in [0.2, 0.25) is 0 Å². The Morgan fingerprint density at radius 1 is 0.778 bits per heavy atom. The average molecular weight is 369 g/mol. The van der Waals surface area contributed by atoms with E-state index in [-0.39, 0.29) is 0 Å². The Balaban J connectivity index is 1.04. The zero-order valence-corrected chi connectivity index (χ0v) is 16.8. The predicted molar refractivity (Wildman–Crippen MR) is 109 cm³/mol. The van der Waals surface area contributed by atoms with E-state index in [9.17, 15) is 0 Å². The van der Waals surface area contributed by atoms with E-state index in [1.165, 1.54) is 83.6 Å². The van der Waals surface area contributed by atoms with Crippen molar-refractivity contribution in [2.75, 3.05) is 45.8 Å². The second-order valence-corrected chi connectivity index (χ2v) is 9.84. The van der Waals surface area contributed by atoms with Crippen LogP contribution in [-0.2, 0) is 6.54 Å². The summed E-state index contributed by atoms with van der Waals surface area (Å²) >= 11 is 0. The van der Waals surface area contributed by atoms with Gasteiger partial charge in [0.25, 0.3) is 0 Å². The normalized spacial score (nSPS) is 41.1. The van der Waals surface area contributed by atoms with E-state index in [0.29, 0.717) is 0 Å². The predicted octanol–water partition coefficient (Wildman–Crippen LogP) is -0.770. The van der Waals surface area contributed by atoms with Gasteiger partial charge in [-0.3, -0.25) is 0 Å². The molecule has 3 nitrogen and oxygen atoms in total. The summed E-state index contributed by atoms with van der Waals surface area (Å²) in [5.41, 5.74) is 1.50. The minimum Gasteiger partial charge on any atom is -0.334 e. The maximum atomic E-state index is 2.53. The van der Waals surface area contributed by atoms with Crippen LogP contribution in [0.5, 0.6) is 0 Å². The van der Waals surface area contributed by atoms with Crippen molar-refractivity contribution >= 4 is 0 Å². The third-order valence-electron chi connectivity index (χ3n) is 8.13. The molecular formula is C24H38N3+3. The van der Waals surface area contributed by atoms with E-state index in [4.69, 9.17) is 0 Å². The number of quaternary nitrogens is 3. The first-order valence-electron chi connectivity index (χ1n) is 11.6. The van der Waals surface area contributed by atoms with Gasteiger partial charge in [-0.2, -0.15) is 0 Å². The Labute approximate surface area is 165 Å².